The van der Waals surface area contributed by atoms with Gasteiger partial charge in [0.2, 0.25) is 5.95 Å². The maximum Gasteiger partial charge on any atom is 0.355 e. The molecule has 1 atom stereocenters. The van der Waals surface area contributed by atoms with Gasteiger partial charge in [0.25, 0.3) is 0 Å². The molecule has 0 amide bonds. The number of aromatic amines is 1. The summed E-state index contributed by atoms with van der Waals surface area (Å²) in [7, 11) is 0. The number of hydrogen-bond donors (Lipinski definition) is 2. The lowest BCUT2D eigenvalue weighted by atomic mass is 10.0. The highest BCUT2D eigenvalue weighted by Crippen LogP contribution is 2.24. The van der Waals surface area contributed by atoms with Gasteiger partial charge in [0.15, 0.2) is 0 Å². The van der Waals surface area contributed by atoms with Gasteiger partial charge >= 0.3 is 11.4 Å². The standard InChI is InChI=1S/C21H23N5O3/c1-14(16-3-2-4-17(13-16)15-5-9-22-10-6-15)23-19-24-20(27)26(21(28)25-19)18-7-11-29-12-8-18/h2-6,9-10,13-14,18H,7-8,11-12H2,1H3,(H2,23,24,25,27,28)/t14-/m0/s1. The van der Waals surface area contributed by atoms with Crippen LogP contribution in [0.4, 0.5) is 5.95 Å². The summed E-state index contributed by atoms with van der Waals surface area (Å²) < 4.78 is 6.50. The highest BCUT2D eigenvalue weighted by Gasteiger charge is 2.20. The summed E-state index contributed by atoms with van der Waals surface area (Å²) in [6.07, 6.45) is 4.78. The molecule has 0 aliphatic carbocycles. The minimum Gasteiger partial charge on any atom is -0.381 e. The van der Waals surface area contributed by atoms with E-state index in [1.807, 2.05) is 37.3 Å². The van der Waals surface area contributed by atoms with Crippen LogP contribution in [0.1, 0.15) is 37.4 Å². The molecule has 2 aromatic heterocycles. The number of H-pyrrole nitrogens is 1. The Morgan fingerprint density at radius 3 is 2.62 bits per heavy atom. The molecule has 29 heavy (non-hydrogen) atoms. The van der Waals surface area contributed by atoms with Crippen molar-refractivity contribution >= 4 is 5.95 Å². The van der Waals surface area contributed by atoms with E-state index in [0.717, 1.165) is 16.7 Å². The van der Waals surface area contributed by atoms with Crippen molar-refractivity contribution in [2.24, 2.45) is 0 Å². The number of aromatic nitrogens is 4. The largest absolute Gasteiger partial charge is 0.381 e. The SMILES string of the molecule is C[C@H](Nc1nc(=O)n(C2CCOCC2)c(=O)[nH]1)c1cccc(-c2ccncc2)c1. The molecule has 0 unspecified atom stereocenters. The maximum atomic E-state index is 12.5. The summed E-state index contributed by atoms with van der Waals surface area (Å²) in [5.41, 5.74) is 2.16. The summed E-state index contributed by atoms with van der Waals surface area (Å²) in [5.74, 6) is 0.171. The van der Waals surface area contributed by atoms with Gasteiger partial charge in [-0.2, -0.15) is 4.98 Å². The molecular weight excluding hydrogens is 370 g/mol. The lowest BCUT2D eigenvalue weighted by Gasteiger charge is -2.23. The lowest BCUT2D eigenvalue weighted by molar-refractivity contribution is 0.0670. The van der Waals surface area contributed by atoms with Gasteiger partial charge in [0.05, 0.1) is 6.04 Å². The predicted octanol–water partition coefficient (Wildman–Crippen LogP) is 2.52. The Balaban J connectivity index is 1.55. The van der Waals surface area contributed by atoms with Crippen LogP contribution in [0.25, 0.3) is 11.1 Å². The van der Waals surface area contributed by atoms with E-state index in [1.54, 1.807) is 12.4 Å². The molecule has 2 N–H and O–H groups in total. The zero-order valence-corrected chi connectivity index (χ0v) is 16.2. The first-order chi connectivity index (χ1) is 14.1. The minimum atomic E-state index is -0.541. The molecule has 1 saturated heterocycles. The van der Waals surface area contributed by atoms with Gasteiger partial charge in [0.1, 0.15) is 0 Å². The van der Waals surface area contributed by atoms with Crippen molar-refractivity contribution < 1.29 is 4.74 Å². The zero-order chi connectivity index (χ0) is 20.2. The molecule has 0 radical (unpaired) electrons. The molecule has 0 bridgehead atoms. The first kappa shape index (κ1) is 19.1. The number of rotatable bonds is 5. The third kappa shape index (κ3) is 4.27. The smallest absolute Gasteiger partial charge is 0.355 e. The topological polar surface area (TPSA) is 102 Å². The highest BCUT2D eigenvalue weighted by molar-refractivity contribution is 5.63. The molecule has 3 heterocycles. The van der Waals surface area contributed by atoms with E-state index in [2.05, 4.69) is 26.3 Å². The van der Waals surface area contributed by atoms with Crippen molar-refractivity contribution in [2.75, 3.05) is 18.5 Å². The number of anilines is 1. The number of pyridine rings is 1. The Morgan fingerprint density at radius 2 is 1.90 bits per heavy atom. The van der Waals surface area contributed by atoms with Crippen molar-refractivity contribution in [3.63, 3.8) is 0 Å². The molecular formula is C21H23N5O3. The summed E-state index contributed by atoms with van der Waals surface area (Å²) in [4.78, 5) is 35.8. The van der Waals surface area contributed by atoms with Crippen LogP contribution >= 0.6 is 0 Å². The zero-order valence-electron chi connectivity index (χ0n) is 16.2. The second-order valence-electron chi connectivity index (χ2n) is 7.11. The van der Waals surface area contributed by atoms with E-state index < -0.39 is 11.4 Å². The van der Waals surface area contributed by atoms with Crippen molar-refractivity contribution in [1.82, 2.24) is 19.5 Å². The fraction of sp³-hybridized carbons (Fsp3) is 0.333. The summed E-state index contributed by atoms with van der Waals surface area (Å²) >= 11 is 0. The molecule has 0 saturated carbocycles. The van der Waals surface area contributed by atoms with E-state index in [4.69, 9.17) is 4.74 Å². The first-order valence-electron chi connectivity index (χ1n) is 9.69. The normalized spacial score (nSPS) is 15.8. The molecule has 1 aliphatic rings. The van der Waals surface area contributed by atoms with E-state index in [0.29, 0.717) is 26.1 Å². The van der Waals surface area contributed by atoms with E-state index in [9.17, 15) is 9.59 Å². The van der Waals surface area contributed by atoms with Gasteiger partial charge < -0.3 is 10.1 Å². The van der Waals surface area contributed by atoms with Crippen LogP contribution < -0.4 is 16.7 Å². The van der Waals surface area contributed by atoms with Gasteiger partial charge in [-0.15, -0.1) is 0 Å². The Labute approximate surface area is 167 Å². The molecule has 3 aromatic rings. The molecule has 1 aliphatic heterocycles. The summed E-state index contributed by atoms with van der Waals surface area (Å²) in [6, 6.07) is 11.6. The fourth-order valence-corrected chi connectivity index (χ4v) is 3.58. The van der Waals surface area contributed by atoms with Crippen LogP contribution in [0.5, 0.6) is 0 Å². The van der Waals surface area contributed by atoms with Crippen LogP contribution in [0.3, 0.4) is 0 Å². The molecule has 150 valence electrons. The third-order valence-electron chi connectivity index (χ3n) is 5.17. The number of hydrogen-bond acceptors (Lipinski definition) is 6. The maximum absolute atomic E-state index is 12.5. The monoisotopic (exact) mass is 393 g/mol. The number of nitrogens with zero attached hydrogens (tertiary/aromatic N) is 3. The first-order valence-corrected chi connectivity index (χ1v) is 9.69. The highest BCUT2D eigenvalue weighted by atomic mass is 16.5. The van der Waals surface area contributed by atoms with Crippen molar-refractivity contribution in [3.8, 4) is 11.1 Å². The van der Waals surface area contributed by atoms with Gasteiger partial charge in [0, 0.05) is 31.6 Å². The Bertz CT molecular complexity index is 1060. The molecule has 1 fully saturated rings. The fourth-order valence-electron chi connectivity index (χ4n) is 3.58. The molecule has 4 rings (SSSR count). The van der Waals surface area contributed by atoms with Crippen LogP contribution in [-0.4, -0.2) is 32.7 Å². The van der Waals surface area contributed by atoms with Gasteiger partial charge in [-0.1, -0.05) is 18.2 Å². The molecule has 8 heteroatoms. The average molecular weight is 393 g/mol. The van der Waals surface area contributed by atoms with Gasteiger partial charge in [-0.3, -0.25) is 9.97 Å². The summed E-state index contributed by atoms with van der Waals surface area (Å²) in [5, 5.41) is 3.13. The Hall–Kier alpha value is -3.26. The Morgan fingerprint density at radius 1 is 1.14 bits per heavy atom. The second-order valence-corrected chi connectivity index (χ2v) is 7.11. The van der Waals surface area contributed by atoms with Crippen LogP contribution in [0, 0.1) is 0 Å². The lowest BCUT2D eigenvalue weighted by Crippen LogP contribution is -2.42. The Kier molecular flexibility index (Phi) is 5.53. The second kappa shape index (κ2) is 8.40. The van der Waals surface area contributed by atoms with Gasteiger partial charge in [-0.05, 0) is 54.7 Å². The number of nitrogens with one attached hydrogen (secondary N) is 2. The van der Waals surface area contributed by atoms with Crippen LogP contribution in [0.15, 0.2) is 58.4 Å². The van der Waals surface area contributed by atoms with Crippen LogP contribution in [0.2, 0.25) is 0 Å². The molecule has 0 spiro atoms. The number of ether oxygens (including phenoxy) is 1. The third-order valence-corrected chi connectivity index (χ3v) is 5.17. The quantitative estimate of drug-likeness (QED) is 0.691. The van der Waals surface area contributed by atoms with Crippen molar-refractivity contribution in [2.45, 2.75) is 31.8 Å². The average Bonchev–Trinajstić information content (AvgIpc) is 2.75. The molecule has 8 nitrogen and oxygen atoms in total. The molecule has 1 aromatic carbocycles. The van der Waals surface area contributed by atoms with E-state index >= 15 is 0 Å². The van der Waals surface area contributed by atoms with Crippen LogP contribution in [-0.2, 0) is 4.74 Å². The van der Waals surface area contributed by atoms with Crippen molar-refractivity contribution in [3.05, 3.63) is 75.3 Å². The minimum absolute atomic E-state index is 0.154. The van der Waals surface area contributed by atoms with E-state index in [-0.39, 0.29) is 18.0 Å². The number of benzene rings is 1. The van der Waals surface area contributed by atoms with E-state index in [1.165, 1.54) is 4.57 Å². The predicted molar refractivity (Wildman–Crippen MR) is 110 cm³/mol. The van der Waals surface area contributed by atoms with Gasteiger partial charge in [-0.25, -0.2) is 14.2 Å². The summed E-state index contributed by atoms with van der Waals surface area (Å²) in [6.45, 7) is 3.04. The van der Waals surface area contributed by atoms with Crippen molar-refractivity contribution in [1.29, 1.82) is 0 Å².